The minimum absolute atomic E-state index is 0.0595. The molecule has 0 unspecified atom stereocenters. The predicted molar refractivity (Wildman–Crippen MR) is 96.6 cm³/mol. The molecule has 0 aliphatic rings. The van der Waals surface area contributed by atoms with E-state index in [9.17, 15) is 9.59 Å². The number of anilines is 1. The minimum atomic E-state index is -0.503. The Bertz CT molecular complexity index is 777. The fraction of sp³-hybridized carbons (Fsp3) is 0.250. The van der Waals surface area contributed by atoms with Crippen LogP contribution in [0.1, 0.15) is 17.5 Å². The average molecular weight is 352 g/mol. The highest BCUT2D eigenvalue weighted by atomic mass is 16.5. The van der Waals surface area contributed by atoms with Crippen molar-refractivity contribution in [3.8, 4) is 11.8 Å². The Labute approximate surface area is 152 Å². The molecule has 6 heteroatoms. The quantitative estimate of drug-likeness (QED) is 0.738. The van der Waals surface area contributed by atoms with Crippen LogP contribution >= 0.6 is 0 Å². The van der Waals surface area contributed by atoms with Crippen LogP contribution in [0.5, 0.6) is 5.75 Å². The van der Waals surface area contributed by atoms with Gasteiger partial charge >= 0.3 is 5.97 Å². The van der Waals surface area contributed by atoms with Crippen molar-refractivity contribution in [1.29, 1.82) is 5.26 Å². The van der Waals surface area contributed by atoms with Gasteiger partial charge in [-0.05, 0) is 36.8 Å². The molecule has 0 radical (unpaired) electrons. The summed E-state index contributed by atoms with van der Waals surface area (Å²) < 4.78 is 10.4. The van der Waals surface area contributed by atoms with Gasteiger partial charge in [-0.15, -0.1) is 0 Å². The summed E-state index contributed by atoms with van der Waals surface area (Å²) in [6, 6.07) is 16.5. The first-order valence-corrected chi connectivity index (χ1v) is 8.17. The van der Waals surface area contributed by atoms with Crippen LogP contribution in [0.2, 0.25) is 0 Å². The minimum Gasteiger partial charge on any atom is -0.493 e. The molecule has 0 aromatic heterocycles. The summed E-state index contributed by atoms with van der Waals surface area (Å²) in [6.45, 7) is 1.81. The number of amides is 1. The number of rotatable bonds is 8. The summed E-state index contributed by atoms with van der Waals surface area (Å²) in [5, 5.41) is 11.2. The maximum absolute atomic E-state index is 11.8. The van der Waals surface area contributed by atoms with E-state index in [0.717, 1.165) is 11.1 Å². The molecule has 134 valence electrons. The molecule has 0 spiro atoms. The first kappa shape index (κ1) is 19.0. The first-order chi connectivity index (χ1) is 12.6. The molecule has 1 amide bonds. The molecule has 0 atom stereocenters. The van der Waals surface area contributed by atoms with Crippen molar-refractivity contribution < 1.29 is 19.1 Å². The smallest absolute Gasteiger partial charge is 0.309 e. The standard InChI is InChI=1S/C20H20N2O4/c1-15-2-8-18(9-3-15)25-13-11-20(24)26-14-19(23)22-17-6-4-16(5-7-17)10-12-21/h2-9H,10-11,13-14H2,1H3,(H,22,23). The molecule has 1 N–H and O–H groups in total. The molecule has 2 aromatic rings. The number of hydrogen-bond acceptors (Lipinski definition) is 5. The van der Waals surface area contributed by atoms with E-state index in [2.05, 4.69) is 11.4 Å². The van der Waals surface area contributed by atoms with E-state index in [1.54, 1.807) is 24.3 Å². The topological polar surface area (TPSA) is 88.4 Å². The number of carbonyl (C=O) groups is 2. The Balaban J connectivity index is 1.65. The van der Waals surface area contributed by atoms with Crippen LogP contribution in [0.15, 0.2) is 48.5 Å². The van der Waals surface area contributed by atoms with Crippen molar-refractivity contribution in [2.45, 2.75) is 19.8 Å². The number of nitrogens with one attached hydrogen (secondary N) is 1. The zero-order chi connectivity index (χ0) is 18.8. The fourth-order valence-electron chi connectivity index (χ4n) is 2.10. The Hall–Kier alpha value is -3.33. The number of benzene rings is 2. The van der Waals surface area contributed by atoms with Crippen LogP contribution in [-0.2, 0) is 20.7 Å². The summed E-state index contributed by atoms with van der Waals surface area (Å²) in [5.74, 6) is -0.247. The number of aryl methyl sites for hydroxylation is 1. The van der Waals surface area contributed by atoms with Gasteiger partial charge in [-0.1, -0.05) is 29.8 Å². The third kappa shape index (κ3) is 6.65. The molecule has 0 bridgehead atoms. The van der Waals surface area contributed by atoms with Gasteiger partial charge in [0.15, 0.2) is 6.61 Å². The van der Waals surface area contributed by atoms with E-state index in [1.165, 1.54) is 0 Å². The molecule has 0 fully saturated rings. The number of hydrogen-bond donors (Lipinski definition) is 1. The Kier molecular flexibility index (Phi) is 7.19. The van der Waals surface area contributed by atoms with Gasteiger partial charge in [0, 0.05) is 5.69 Å². The van der Waals surface area contributed by atoms with Crippen LogP contribution in [0.4, 0.5) is 5.69 Å². The molecule has 26 heavy (non-hydrogen) atoms. The summed E-state index contributed by atoms with van der Waals surface area (Å²) >= 11 is 0. The zero-order valence-electron chi connectivity index (χ0n) is 14.5. The summed E-state index contributed by atoms with van der Waals surface area (Å²) in [7, 11) is 0. The van der Waals surface area contributed by atoms with Crippen molar-refractivity contribution in [3.63, 3.8) is 0 Å². The summed E-state index contributed by atoms with van der Waals surface area (Å²) in [4.78, 5) is 23.4. The first-order valence-electron chi connectivity index (χ1n) is 8.17. The third-order valence-electron chi connectivity index (χ3n) is 3.48. The number of nitriles is 1. The van der Waals surface area contributed by atoms with Crippen molar-refractivity contribution in [3.05, 3.63) is 59.7 Å². The molecule has 0 saturated carbocycles. The predicted octanol–water partition coefficient (Wildman–Crippen LogP) is 3.01. The molecule has 0 aliphatic carbocycles. The Morgan fingerprint density at radius 3 is 2.42 bits per heavy atom. The maximum Gasteiger partial charge on any atom is 0.309 e. The highest BCUT2D eigenvalue weighted by Crippen LogP contribution is 2.12. The summed E-state index contributed by atoms with van der Waals surface area (Å²) in [6.07, 6.45) is 0.376. The van der Waals surface area contributed by atoms with Crippen LogP contribution in [0.3, 0.4) is 0 Å². The second-order valence-corrected chi connectivity index (χ2v) is 5.65. The van der Waals surface area contributed by atoms with Crippen LogP contribution < -0.4 is 10.1 Å². The molecule has 0 heterocycles. The van der Waals surface area contributed by atoms with E-state index in [-0.39, 0.29) is 19.6 Å². The summed E-state index contributed by atoms with van der Waals surface area (Å²) in [5.41, 5.74) is 2.57. The van der Waals surface area contributed by atoms with Crippen molar-refractivity contribution in [2.24, 2.45) is 0 Å². The van der Waals surface area contributed by atoms with Crippen molar-refractivity contribution in [1.82, 2.24) is 0 Å². The van der Waals surface area contributed by atoms with Gasteiger partial charge in [-0.25, -0.2) is 0 Å². The van der Waals surface area contributed by atoms with Crippen molar-refractivity contribution >= 4 is 17.6 Å². The van der Waals surface area contributed by atoms with Crippen molar-refractivity contribution in [2.75, 3.05) is 18.5 Å². The SMILES string of the molecule is Cc1ccc(OCCC(=O)OCC(=O)Nc2ccc(CC#N)cc2)cc1. The lowest BCUT2D eigenvalue weighted by atomic mass is 10.1. The lowest BCUT2D eigenvalue weighted by Gasteiger charge is -2.08. The van der Waals surface area contributed by atoms with E-state index in [0.29, 0.717) is 17.9 Å². The van der Waals surface area contributed by atoms with E-state index in [4.69, 9.17) is 14.7 Å². The second-order valence-electron chi connectivity index (χ2n) is 5.65. The fourth-order valence-corrected chi connectivity index (χ4v) is 2.10. The Morgan fingerprint density at radius 1 is 1.08 bits per heavy atom. The molecular formula is C20H20N2O4. The lowest BCUT2D eigenvalue weighted by Crippen LogP contribution is -2.21. The van der Waals surface area contributed by atoms with Crippen LogP contribution in [0.25, 0.3) is 0 Å². The maximum atomic E-state index is 11.8. The third-order valence-corrected chi connectivity index (χ3v) is 3.48. The highest BCUT2D eigenvalue weighted by Gasteiger charge is 2.08. The lowest BCUT2D eigenvalue weighted by molar-refractivity contribution is -0.147. The molecule has 6 nitrogen and oxygen atoms in total. The zero-order valence-corrected chi connectivity index (χ0v) is 14.5. The Morgan fingerprint density at radius 2 is 1.77 bits per heavy atom. The highest BCUT2D eigenvalue weighted by molar-refractivity contribution is 5.92. The number of carbonyl (C=O) groups excluding carboxylic acids is 2. The monoisotopic (exact) mass is 352 g/mol. The van der Waals surface area contributed by atoms with Gasteiger partial charge in [0.25, 0.3) is 5.91 Å². The van der Waals surface area contributed by atoms with Gasteiger partial charge < -0.3 is 14.8 Å². The molecule has 2 aromatic carbocycles. The van der Waals surface area contributed by atoms with Crippen LogP contribution in [0, 0.1) is 18.3 Å². The average Bonchev–Trinajstić information content (AvgIpc) is 2.63. The van der Waals surface area contributed by atoms with E-state index in [1.807, 2.05) is 31.2 Å². The van der Waals surface area contributed by atoms with Gasteiger partial charge in [0.1, 0.15) is 5.75 Å². The van der Waals surface area contributed by atoms with Crippen LogP contribution in [-0.4, -0.2) is 25.1 Å². The molecular weight excluding hydrogens is 332 g/mol. The van der Waals surface area contributed by atoms with Gasteiger partial charge in [-0.3, -0.25) is 9.59 Å². The van der Waals surface area contributed by atoms with E-state index < -0.39 is 11.9 Å². The largest absolute Gasteiger partial charge is 0.493 e. The number of ether oxygens (including phenoxy) is 2. The molecule has 2 rings (SSSR count). The number of nitrogens with zero attached hydrogens (tertiary/aromatic N) is 1. The van der Waals surface area contributed by atoms with Gasteiger partial charge in [-0.2, -0.15) is 5.26 Å². The second kappa shape index (κ2) is 9.84. The normalized spacial score (nSPS) is 9.85. The number of esters is 1. The van der Waals surface area contributed by atoms with Gasteiger partial charge in [0.2, 0.25) is 0 Å². The molecule has 0 saturated heterocycles. The molecule has 0 aliphatic heterocycles. The van der Waals surface area contributed by atoms with Gasteiger partial charge in [0.05, 0.1) is 25.5 Å². The van der Waals surface area contributed by atoms with E-state index >= 15 is 0 Å².